The van der Waals surface area contributed by atoms with E-state index in [0.29, 0.717) is 11.1 Å². The Hall–Kier alpha value is -13.5. The molecule has 28 N–H and O–H groups in total. The fourth-order valence-electron chi connectivity index (χ4n) is 16.3. The zero-order chi connectivity index (χ0) is 108. The minimum Gasteiger partial charge on any atom is -0.508 e. The van der Waals surface area contributed by atoms with Gasteiger partial charge in [0.15, 0.2) is 76.9 Å². The second kappa shape index (κ2) is 48.4. The maximum absolute atomic E-state index is 13.5. The minimum atomic E-state index is -2.19. The Labute approximate surface area is 839 Å². The molecule has 52 nitrogen and oxygen atoms in total. The summed E-state index contributed by atoms with van der Waals surface area (Å²) < 4.78 is 121. The molecule has 52 heteroatoms. The van der Waals surface area contributed by atoms with Crippen LogP contribution in [-0.4, -0.2) is 413 Å². The number of esters is 3. The molecule has 806 valence electrons. The van der Waals surface area contributed by atoms with Crippen LogP contribution in [0.5, 0.6) is 97.7 Å². The number of carbonyl (C=O) groups is 3. The van der Waals surface area contributed by atoms with Gasteiger partial charge in [-0.2, -0.15) is 0 Å². The van der Waals surface area contributed by atoms with E-state index in [1.165, 1.54) is 119 Å². The summed E-state index contributed by atoms with van der Waals surface area (Å²) in [5.41, 5.74) is 0.570. The maximum atomic E-state index is 13.5. The number of aromatic hydroxyl groups is 9. The van der Waals surface area contributed by atoms with Gasteiger partial charge in [0, 0.05) is 54.6 Å². The normalized spacial score (nSPS) is 30.1. The van der Waals surface area contributed by atoms with Gasteiger partial charge in [-0.3, -0.25) is 0 Å². The summed E-state index contributed by atoms with van der Waals surface area (Å²) in [5, 5.41) is 297. The maximum Gasteiger partial charge on any atom is 0.402 e. The van der Waals surface area contributed by atoms with Gasteiger partial charge in [-0.15, -0.1) is 0 Å². The van der Waals surface area contributed by atoms with Crippen LogP contribution < -0.4 is 37.9 Å². The molecule has 9 aromatic rings. The smallest absolute Gasteiger partial charge is 0.402 e. The van der Waals surface area contributed by atoms with Crippen molar-refractivity contribution in [2.75, 3.05) is 68.1 Å². The standard InChI is InChI=1S/C53H56O27.C44H50O25/c1-70-32-13-23(14-33(71-2)40(32)62)6-12-39(61)79-49-45(67)42(64)36(20-55)77-53(49)80-50-46(68)43(65)37(21-72-38(60)11-5-22-3-8-25(56)9-4-22)78-52(50)75-34-18-27-30(73-48(34)24-7-10-28(58)29(59)15-24)16-26(57)17-31(27)74-51-47(69)44(66)41(63)35(19-54)76-51;1-60-24-7-16(8-25(61-2)31(24)51)3-6-30(50)62-15-29-34(54)37(57)41(69-43-39(59)36(56)33(53)28(14-46)67-43)44(68-29)65-26-12-19-22(63-40(26)17-4-5-20(48)21(49)9-17)10-18(47)11-23(19)64-42-38(58)35(55)32(52)27(13-45)66-42/h3-18,35-37,41-47,49-55,63-69H,19-21H2,1-2H3,(H4-,56,57,58,59,60,61,62);3-12,27-29,32-39,41-46,52-59H,13-15H2,1-2H3,(H3-,47,48,49,50,51)/p+2/t35-,36-,37-,41-,42-,43-,44+,45+,46+,47-,49-,50-,51-,52-,53+;27-,28-,29-,32-,33-,34-,35+,36+,37+,38-,39-,41-,42-,43+,44-/m11/s1. The Morgan fingerprint density at radius 1 is 0.295 bits per heavy atom. The third-order valence-electron chi connectivity index (χ3n) is 24.5. The molecule has 0 bridgehead atoms. The number of methoxy groups -OCH3 is 4. The highest BCUT2D eigenvalue weighted by atomic mass is 16.8. The lowest BCUT2D eigenvalue weighted by Gasteiger charge is -2.46. The summed E-state index contributed by atoms with van der Waals surface area (Å²) in [4.78, 5) is 39.5. The first-order valence-electron chi connectivity index (χ1n) is 45.2. The Kier molecular flexibility index (Phi) is 36.1. The molecule has 6 aliphatic heterocycles. The number of carbonyl (C=O) groups excluding carboxylic acids is 3. The third kappa shape index (κ3) is 25.0. The lowest BCUT2D eigenvalue weighted by Crippen LogP contribution is -2.65. The van der Waals surface area contributed by atoms with Gasteiger partial charge in [0.05, 0.1) is 78.1 Å². The van der Waals surface area contributed by atoms with Gasteiger partial charge < -0.3 is 233 Å². The van der Waals surface area contributed by atoms with Crippen LogP contribution in [-0.2, 0) is 66.5 Å². The number of hydrogen-bond donors (Lipinski definition) is 28. The Bertz CT molecular complexity index is 6190. The van der Waals surface area contributed by atoms with Crippen LogP contribution in [0.15, 0.2) is 148 Å². The molecule has 0 saturated carbocycles. The number of phenolic OH excluding ortho intramolecular Hbond substituents is 9. The van der Waals surface area contributed by atoms with Crippen molar-refractivity contribution in [3.8, 4) is 120 Å². The average Bonchev–Trinajstić information content (AvgIpc) is 0.759. The number of aliphatic hydroxyl groups excluding tert-OH is 19. The van der Waals surface area contributed by atoms with Gasteiger partial charge in [-0.05, 0) is 95.6 Å². The third-order valence-corrected chi connectivity index (χ3v) is 24.5. The van der Waals surface area contributed by atoms with E-state index in [9.17, 15) is 157 Å². The molecular weight excluding hydrogens is 2000 g/mol. The highest BCUT2D eigenvalue weighted by molar-refractivity contribution is 5.92. The van der Waals surface area contributed by atoms with E-state index in [1.54, 1.807) is 0 Å². The summed E-state index contributed by atoms with van der Waals surface area (Å²) in [6.45, 7) is -5.07. The number of benzene rings is 7. The Balaban J connectivity index is 0.000000237. The van der Waals surface area contributed by atoms with Gasteiger partial charge in [-0.1, -0.05) is 12.1 Å². The summed E-state index contributed by atoms with van der Waals surface area (Å²) >= 11 is 0. The van der Waals surface area contributed by atoms with Crippen LogP contribution in [0.2, 0.25) is 0 Å². The van der Waals surface area contributed by atoms with E-state index in [1.807, 2.05) is 0 Å². The predicted octanol–water partition coefficient (Wildman–Crippen LogP) is -2.70. The van der Waals surface area contributed by atoms with Crippen molar-refractivity contribution in [2.24, 2.45) is 0 Å². The van der Waals surface area contributed by atoms with Crippen molar-refractivity contribution < 1.29 is 256 Å². The largest absolute Gasteiger partial charge is 0.508 e. The highest BCUT2D eigenvalue weighted by Gasteiger charge is 2.57. The molecule has 0 spiro atoms. The van der Waals surface area contributed by atoms with Crippen LogP contribution >= 0.6 is 0 Å². The van der Waals surface area contributed by atoms with Crippen LogP contribution in [0.1, 0.15) is 16.7 Å². The number of hydrogen-bond acceptors (Lipinski definition) is 50. The van der Waals surface area contributed by atoms with Gasteiger partial charge >= 0.3 is 40.6 Å². The zero-order valence-corrected chi connectivity index (χ0v) is 78.4. The number of phenols is 9. The summed E-state index contributed by atoms with van der Waals surface area (Å²) in [7, 11) is 5.15. The Morgan fingerprint density at radius 2 is 0.617 bits per heavy atom. The number of fused-ring (bicyclic) bond motifs is 2. The molecule has 0 aliphatic carbocycles. The molecule has 2 aromatic heterocycles. The minimum absolute atomic E-state index is 0.0223. The van der Waals surface area contributed by atoms with Gasteiger partial charge in [-0.25, -0.2) is 23.2 Å². The molecule has 0 amide bonds. The second-order valence-corrected chi connectivity index (χ2v) is 34.3. The first-order valence-corrected chi connectivity index (χ1v) is 45.2. The fraction of sp³-hybridized carbons (Fsp3) is 0.412. The van der Waals surface area contributed by atoms with E-state index in [-0.39, 0.29) is 102 Å². The lowest BCUT2D eigenvalue weighted by molar-refractivity contribution is -0.358. The molecule has 149 heavy (non-hydrogen) atoms. The van der Waals surface area contributed by atoms with Crippen molar-refractivity contribution in [2.45, 2.75) is 184 Å². The number of ether oxygens (including phenoxy) is 19. The van der Waals surface area contributed by atoms with E-state index >= 15 is 0 Å². The molecule has 6 saturated heterocycles. The van der Waals surface area contributed by atoms with Gasteiger partial charge in [0.1, 0.15) is 181 Å². The fourth-order valence-corrected chi connectivity index (χ4v) is 16.3. The Morgan fingerprint density at radius 3 is 0.993 bits per heavy atom. The first kappa shape index (κ1) is 111. The number of aliphatic hydroxyl groups is 19. The predicted molar refractivity (Wildman–Crippen MR) is 494 cm³/mol. The van der Waals surface area contributed by atoms with Crippen molar-refractivity contribution in [3.63, 3.8) is 0 Å². The van der Waals surface area contributed by atoms with Gasteiger partial charge in [0.2, 0.25) is 48.2 Å². The second-order valence-electron chi connectivity index (χ2n) is 34.3. The van der Waals surface area contributed by atoms with E-state index in [4.69, 9.17) is 98.8 Å². The number of rotatable bonds is 33. The lowest BCUT2D eigenvalue weighted by atomic mass is 9.97. The molecule has 7 aromatic carbocycles. The van der Waals surface area contributed by atoms with Crippen LogP contribution in [0, 0.1) is 0 Å². The molecule has 30 atom stereocenters. The SMILES string of the molecule is COc1cc(/C=C/C(=O)OC[C@H]2O[C@@H](Oc3cc4c(O[C@@H]5O[C@H](CO)[C@@H](O)[C@H](O)[C@H]5O)cc(O)cc4[o+]c3-c3ccc(O)c(O)c3)[C@H](O[C@@H]3O[C@H](CO)[C@@H](O)[C@H](O)[C@H]3O)[C@@H](O)[C@@H]2O)cc(OC)c1O.COc1cc(/C=C/C(=O)O[C@H]2[C@H](O[C@H]3[C@H](Oc4cc5c(O[C@@H]6O[C@H](CO)[C@@H](O)[C@H](O)[C@H]6O)cc(O)cc5[o+]c4-c4ccc(O)c(O)c4)O[C@H](COC(=O)/C=C/c4ccc(O)cc4)[C@@H](O)[C@@H]3O)O[C@H](CO)[C@@H](O)[C@@H]2O)cc(OC)c1O. The summed E-state index contributed by atoms with van der Waals surface area (Å²) in [6.07, 6.45) is -49.9. The van der Waals surface area contributed by atoms with Crippen molar-refractivity contribution in [1.29, 1.82) is 0 Å². The monoisotopic (exact) mass is 2100 g/mol. The topological polar surface area (TPSA) is 816 Å². The van der Waals surface area contributed by atoms with Crippen LogP contribution in [0.25, 0.3) is 62.8 Å². The van der Waals surface area contributed by atoms with E-state index < -0.39 is 288 Å². The summed E-state index contributed by atoms with van der Waals surface area (Å²) in [5.74, 6) is -9.51. The zero-order valence-electron chi connectivity index (χ0n) is 78.4. The highest BCUT2D eigenvalue weighted by Crippen LogP contribution is 2.49. The van der Waals surface area contributed by atoms with Crippen molar-refractivity contribution >= 4 is 58.1 Å². The molecule has 0 radical (unpaired) electrons. The van der Waals surface area contributed by atoms with Crippen molar-refractivity contribution in [3.05, 3.63) is 156 Å². The molecular formula is C97H108O52+2. The van der Waals surface area contributed by atoms with E-state index in [0.717, 1.165) is 66.8 Å². The summed E-state index contributed by atoms with van der Waals surface area (Å²) in [6, 6.07) is 24.6. The molecule has 6 fully saturated rings. The molecule has 6 aliphatic rings. The molecule has 15 rings (SSSR count). The molecule has 0 unspecified atom stereocenters. The van der Waals surface area contributed by atoms with E-state index in [2.05, 4.69) is 0 Å². The van der Waals surface area contributed by atoms with Gasteiger partial charge in [0.25, 0.3) is 0 Å². The quantitative estimate of drug-likeness (QED) is 0.00654. The average molecular weight is 2110 g/mol. The first-order chi connectivity index (χ1) is 71.1. The molecule has 8 heterocycles. The van der Waals surface area contributed by atoms with Crippen LogP contribution in [0.3, 0.4) is 0 Å². The van der Waals surface area contributed by atoms with Crippen LogP contribution in [0.4, 0.5) is 0 Å². The van der Waals surface area contributed by atoms with Crippen molar-refractivity contribution in [1.82, 2.24) is 0 Å².